The molecule has 16 heavy (non-hydrogen) atoms. The second kappa shape index (κ2) is 4.55. The van der Waals surface area contributed by atoms with Gasteiger partial charge in [-0.05, 0) is 27.2 Å². The van der Waals surface area contributed by atoms with Gasteiger partial charge < -0.3 is 14.5 Å². The van der Waals surface area contributed by atoms with Gasteiger partial charge in [0.1, 0.15) is 5.76 Å². The summed E-state index contributed by atoms with van der Waals surface area (Å²) in [5.41, 5.74) is 1.12. The molecule has 90 valence electrons. The molecule has 0 aromatic carbocycles. The first-order valence-corrected chi connectivity index (χ1v) is 5.81. The maximum atomic E-state index is 5.48. The van der Waals surface area contributed by atoms with E-state index >= 15 is 0 Å². The lowest BCUT2D eigenvalue weighted by atomic mass is 10.0. The van der Waals surface area contributed by atoms with Crippen LogP contribution in [0.1, 0.15) is 44.6 Å². The van der Waals surface area contributed by atoms with E-state index in [1.165, 1.54) is 6.39 Å². The fraction of sp³-hybridized carbons (Fsp3) is 0.750. The molecule has 1 aliphatic heterocycles. The molecular weight excluding hydrogens is 204 g/mol. The molecule has 4 heteroatoms. The first-order valence-electron chi connectivity index (χ1n) is 5.81. The number of hydrogen-bond donors (Lipinski definition) is 1. The van der Waals surface area contributed by atoms with Crippen LogP contribution in [0.3, 0.4) is 0 Å². The second-order valence-electron chi connectivity index (χ2n) is 5.33. The molecule has 1 atom stereocenters. The molecule has 1 fully saturated rings. The number of nitrogens with zero attached hydrogens (tertiary/aromatic N) is 1. The van der Waals surface area contributed by atoms with Crippen molar-refractivity contribution in [3.8, 4) is 0 Å². The van der Waals surface area contributed by atoms with Crippen LogP contribution in [0.2, 0.25) is 0 Å². The number of ether oxygens (including phenoxy) is 1. The van der Waals surface area contributed by atoms with E-state index in [-0.39, 0.29) is 5.54 Å². The van der Waals surface area contributed by atoms with E-state index in [2.05, 4.69) is 31.1 Å². The van der Waals surface area contributed by atoms with Crippen LogP contribution in [-0.2, 0) is 11.3 Å². The van der Waals surface area contributed by atoms with Crippen molar-refractivity contribution in [2.45, 2.75) is 45.2 Å². The third kappa shape index (κ3) is 2.83. The van der Waals surface area contributed by atoms with Crippen LogP contribution in [0, 0.1) is 0 Å². The first-order chi connectivity index (χ1) is 7.56. The molecule has 1 aromatic heterocycles. The number of nitrogens with one attached hydrogen (secondary N) is 1. The van der Waals surface area contributed by atoms with Crippen LogP contribution < -0.4 is 5.32 Å². The lowest BCUT2D eigenvalue weighted by Gasteiger charge is -2.20. The van der Waals surface area contributed by atoms with E-state index in [4.69, 9.17) is 9.15 Å². The van der Waals surface area contributed by atoms with E-state index in [0.717, 1.165) is 37.6 Å². The molecule has 0 saturated carbocycles. The summed E-state index contributed by atoms with van der Waals surface area (Å²) in [7, 11) is 0. The van der Waals surface area contributed by atoms with Gasteiger partial charge in [-0.15, -0.1) is 0 Å². The van der Waals surface area contributed by atoms with Crippen molar-refractivity contribution in [2.24, 2.45) is 0 Å². The molecule has 1 aliphatic rings. The summed E-state index contributed by atoms with van der Waals surface area (Å²) >= 11 is 0. The minimum Gasteiger partial charge on any atom is -0.448 e. The molecule has 2 rings (SSSR count). The lowest BCUT2D eigenvalue weighted by molar-refractivity contribution is 0.191. The normalized spacial score (nSPS) is 21.6. The van der Waals surface area contributed by atoms with Gasteiger partial charge in [0, 0.05) is 24.6 Å². The summed E-state index contributed by atoms with van der Waals surface area (Å²) < 4.78 is 10.9. The largest absolute Gasteiger partial charge is 0.448 e. The van der Waals surface area contributed by atoms with Crippen molar-refractivity contribution < 1.29 is 9.15 Å². The predicted molar refractivity (Wildman–Crippen MR) is 61.3 cm³/mol. The first kappa shape index (κ1) is 11.6. The molecule has 0 bridgehead atoms. The number of aromatic nitrogens is 1. The average molecular weight is 224 g/mol. The van der Waals surface area contributed by atoms with Crippen LogP contribution in [-0.4, -0.2) is 23.7 Å². The van der Waals surface area contributed by atoms with Gasteiger partial charge in [0.15, 0.2) is 6.39 Å². The Morgan fingerprint density at radius 2 is 2.31 bits per heavy atom. The molecule has 0 radical (unpaired) electrons. The fourth-order valence-electron chi connectivity index (χ4n) is 1.83. The lowest BCUT2D eigenvalue weighted by Crippen LogP contribution is -2.35. The van der Waals surface area contributed by atoms with Crippen molar-refractivity contribution in [2.75, 3.05) is 13.2 Å². The zero-order chi connectivity index (χ0) is 11.6. The fourth-order valence-corrected chi connectivity index (χ4v) is 1.83. The van der Waals surface area contributed by atoms with Crippen LogP contribution in [0.25, 0.3) is 0 Å². The van der Waals surface area contributed by atoms with E-state index in [0.29, 0.717) is 5.92 Å². The van der Waals surface area contributed by atoms with Crippen molar-refractivity contribution in [3.05, 3.63) is 17.8 Å². The Bertz CT molecular complexity index is 335. The zero-order valence-corrected chi connectivity index (χ0v) is 10.2. The van der Waals surface area contributed by atoms with Crippen LogP contribution in [0.4, 0.5) is 0 Å². The number of rotatable bonds is 3. The van der Waals surface area contributed by atoms with Gasteiger partial charge in [0.25, 0.3) is 0 Å². The van der Waals surface area contributed by atoms with E-state index in [1.54, 1.807) is 0 Å². The zero-order valence-electron chi connectivity index (χ0n) is 10.2. The molecule has 1 saturated heterocycles. The summed E-state index contributed by atoms with van der Waals surface area (Å²) in [5, 5.41) is 3.42. The molecule has 0 amide bonds. The Kier molecular flexibility index (Phi) is 3.30. The third-order valence-corrected chi connectivity index (χ3v) is 2.76. The Hall–Kier alpha value is -0.870. The Labute approximate surface area is 96.4 Å². The summed E-state index contributed by atoms with van der Waals surface area (Å²) in [5.74, 6) is 1.38. The molecular formula is C12H20N2O2. The van der Waals surface area contributed by atoms with Crippen molar-refractivity contribution in [3.63, 3.8) is 0 Å². The SMILES string of the molecule is CC(C)(C)NCc1ncoc1C1CCOC1. The Balaban J connectivity index is 2.01. The van der Waals surface area contributed by atoms with Crippen molar-refractivity contribution in [1.82, 2.24) is 10.3 Å². The van der Waals surface area contributed by atoms with E-state index in [9.17, 15) is 0 Å². The van der Waals surface area contributed by atoms with Crippen molar-refractivity contribution in [1.29, 1.82) is 0 Å². The summed E-state index contributed by atoms with van der Waals surface area (Å²) in [6, 6.07) is 0. The van der Waals surface area contributed by atoms with Gasteiger partial charge in [0.2, 0.25) is 0 Å². The summed E-state index contributed by atoms with van der Waals surface area (Å²) in [6.45, 7) is 8.78. The predicted octanol–water partition coefficient (Wildman–Crippen LogP) is 2.07. The van der Waals surface area contributed by atoms with Crippen molar-refractivity contribution >= 4 is 0 Å². The summed E-state index contributed by atoms with van der Waals surface area (Å²) in [6.07, 6.45) is 2.57. The highest BCUT2D eigenvalue weighted by atomic mass is 16.5. The molecule has 1 aromatic rings. The minimum absolute atomic E-state index is 0.0996. The highest BCUT2D eigenvalue weighted by Gasteiger charge is 2.24. The topological polar surface area (TPSA) is 47.3 Å². The van der Waals surface area contributed by atoms with Gasteiger partial charge in [-0.1, -0.05) is 0 Å². The number of hydrogen-bond acceptors (Lipinski definition) is 4. The van der Waals surface area contributed by atoms with Crippen LogP contribution >= 0.6 is 0 Å². The Morgan fingerprint density at radius 3 is 2.94 bits per heavy atom. The minimum atomic E-state index is 0.0996. The average Bonchev–Trinajstić information content (AvgIpc) is 2.84. The maximum Gasteiger partial charge on any atom is 0.181 e. The van der Waals surface area contributed by atoms with Crippen LogP contribution in [0.5, 0.6) is 0 Å². The van der Waals surface area contributed by atoms with Gasteiger partial charge in [-0.2, -0.15) is 0 Å². The Morgan fingerprint density at radius 1 is 1.50 bits per heavy atom. The van der Waals surface area contributed by atoms with Gasteiger partial charge in [-0.25, -0.2) is 4.98 Å². The monoisotopic (exact) mass is 224 g/mol. The molecule has 0 aliphatic carbocycles. The smallest absolute Gasteiger partial charge is 0.181 e. The standard InChI is InChI=1S/C12H20N2O2/c1-12(2,3)14-6-10-11(16-8-13-10)9-4-5-15-7-9/h8-9,14H,4-7H2,1-3H3. The van der Waals surface area contributed by atoms with Gasteiger partial charge in [-0.3, -0.25) is 0 Å². The molecule has 2 heterocycles. The highest BCUT2D eigenvalue weighted by Crippen LogP contribution is 2.27. The highest BCUT2D eigenvalue weighted by molar-refractivity contribution is 5.14. The van der Waals surface area contributed by atoms with Gasteiger partial charge in [0.05, 0.1) is 12.3 Å². The molecule has 4 nitrogen and oxygen atoms in total. The quantitative estimate of drug-likeness (QED) is 0.853. The number of oxazole rings is 1. The van der Waals surface area contributed by atoms with E-state index < -0.39 is 0 Å². The third-order valence-electron chi connectivity index (χ3n) is 2.76. The molecule has 1 unspecified atom stereocenters. The second-order valence-corrected chi connectivity index (χ2v) is 5.33. The maximum absolute atomic E-state index is 5.48. The van der Waals surface area contributed by atoms with Crippen LogP contribution in [0.15, 0.2) is 10.8 Å². The van der Waals surface area contributed by atoms with Gasteiger partial charge >= 0.3 is 0 Å². The molecule has 1 N–H and O–H groups in total. The molecule has 0 spiro atoms. The summed E-state index contributed by atoms with van der Waals surface area (Å²) in [4.78, 5) is 4.28. The van der Waals surface area contributed by atoms with E-state index in [1.807, 2.05) is 0 Å².